The van der Waals surface area contributed by atoms with E-state index in [1.165, 1.54) is 17.3 Å². The Morgan fingerprint density at radius 1 is 1.21 bits per heavy atom. The van der Waals surface area contributed by atoms with Gasteiger partial charge in [0.25, 0.3) is 5.56 Å². The standard InChI is InChI=1S/C22H21N3O3S/c1-13-6-8-14(9-7-13)12-29-22-24-21(28)19-17(15-4-3-5-16(26)10-15)11-18(27)23-20(19)25(22)2/h3-10,17,26H,11-12H2,1-2H3,(H,23,27)/t17-/m1/s1. The summed E-state index contributed by atoms with van der Waals surface area (Å²) in [7, 11) is 1.80. The van der Waals surface area contributed by atoms with Gasteiger partial charge in [-0.3, -0.25) is 9.59 Å². The second-order valence-electron chi connectivity index (χ2n) is 7.19. The zero-order chi connectivity index (χ0) is 20.5. The number of thioether (sulfide) groups is 1. The van der Waals surface area contributed by atoms with E-state index in [9.17, 15) is 14.7 Å². The van der Waals surface area contributed by atoms with Crippen LogP contribution in [0.25, 0.3) is 0 Å². The lowest BCUT2D eigenvalue weighted by Gasteiger charge is -2.27. The number of nitrogens with one attached hydrogen (secondary N) is 1. The first kappa shape index (κ1) is 19.3. The molecular weight excluding hydrogens is 386 g/mol. The number of phenols is 1. The molecular formula is C22H21N3O3S. The van der Waals surface area contributed by atoms with Crippen molar-refractivity contribution >= 4 is 23.5 Å². The average Bonchev–Trinajstić information content (AvgIpc) is 2.70. The maximum absolute atomic E-state index is 12.9. The lowest BCUT2D eigenvalue weighted by Crippen LogP contribution is -2.33. The number of carbonyl (C=O) groups excluding carboxylic acids is 1. The Balaban J connectivity index is 1.71. The zero-order valence-electron chi connectivity index (χ0n) is 16.2. The molecule has 6 nitrogen and oxygen atoms in total. The number of benzene rings is 2. The van der Waals surface area contributed by atoms with Gasteiger partial charge in [-0.2, -0.15) is 4.98 Å². The molecule has 0 unspecified atom stereocenters. The molecule has 0 saturated carbocycles. The maximum atomic E-state index is 12.9. The molecule has 2 N–H and O–H groups in total. The van der Waals surface area contributed by atoms with Crippen molar-refractivity contribution in [3.8, 4) is 5.75 Å². The summed E-state index contributed by atoms with van der Waals surface area (Å²) in [5.74, 6) is 0.643. The molecule has 1 atom stereocenters. The van der Waals surface area contributed by atoms with Crippen molar-refractivity contribution in [1.29, 1.82) is 0 Å². The number of aryl methyl sites for hydroxylation is 1. The second-order valence-corrected chi connectivity index (χ2v) is 8.14. The number of nitrogens with zero attached hydrogens (tertiary/aromatic N) is 2. The highest BCUT2D eigenvalue weighted by molar-refractivity contribution is 7.98. The quantitative estimate of drug-likeness (QED) is 0.510. The summed E-state index contributed by atoms with van der Waals surface area (Å²) in [6.45, 7) is 2.04. The minimum Gasteiger partial charge on any atom is -0.508 e. The van der Waals surface area contributed by atoms with E-state index in [-0.39, 0.29) is 23.6 Å². The first-order valence-corrected chi connectivity index (χ1v) is 10.3. The number of phenolic OH excluding ortho intramolecular Hbond substituents is 1. The Hall–Kier alpha value is -3.06. The minimum atomic E-state index is -0.437. The van der Waals surface area contributed by atoms with Crippen molar-refractivity contribution in [1.82, 2.24) is 9.55 Å². The zero-order valence-corrected chi connectivity index (χ0v) is 17.0. The van der Waals surface area contributed by atoms with Gasteiger partial charge in [0.2, 0.25) is 5.91 Å². The van der Waals surface area contributed by atoms with Crippen LogP contribution < -0.4 is 10.9 Å². The van der Waals surface area contributed by atoms with Gasteiger partial charge in [0, 0.05) is 25.1 Å². The Morgan fingerprint density at radius 2 is 1.97 bits per heavy atom. The van der Waals surface area contributed by atoms with E-state index >= 15 is 0 Å². The molecule has 2 aromatic carbocycles. The van der Waals surface area contributed by atoms with Crippen LogP contribution in [0, 0.1) is 6.92 Å². The molecule has 0 bridgehead atoms. The van der Waals surface area contributed by atoms with E-state index < -0.39 is 5.92 Å². The van der Waals surface area contributed by atoms with Crippen LogP contribution in [0.5, 0.6) is 5.75 Å². The SMILES string of the molecule is Cc1ccc(CSc2nc(=O)c3c(n2C)NC(=O)C[C@@H]3c2cccc(O)c2)cc1. The number of carbonyl (C=O) groups is 1. The summed E-state index contributed by atoms with van der Waals surface area (Å²) in [6, 6.07) is 14.9. The van der Waals surface area contributed by atoms with Gasteiger partial charge >= 0.3 is 0 Å². The third-order valence-corrected chi connectivity index (χ3v) is 6.16. The van der Waals surface area contributed by atoms with Crippen LogP contribution in [0.1, 0.15) is 34.6 Å². The van der Waals surface area contributed by atoms with Crippen molar-refractivity contribution < 1.29 is 9.90 Å². The summed E-state index contributed by atoms with van der Waals surface area (Å²) < 4.78 is 1.77. The van der Waals surface area contributed by atoms with E-state index in [0.29, 0.717) is 22.3 Å². The molecule has 1 aliphatic rings. The van der Waals surface area contributed by atoms with Crippen molar-refractivity contribution in [2.45, 2.75) is 30.2 Å². The summed E-state index contributed by atoms with van der Waals surface area (Å²) in [6.07, 6.45) is 0.142. The smallest absolute Gasteiger partial charge is 0.279 e. The second kappa shape index (κ2) is 7.75. The first-order valence-electron chi connectivity index (χ1n) is 9.30. The molecule has 0 aliphatic carbocycles. The van der Waals surface area contributed by atoms with Gasteiger partial charge in [0.15, 0.2) is 5.16 Å². The normalized spacial score (nSPS) is 15.7. The molecule has 3 aromatic rings. The molecule has 1 aromatic heterocycles. The number of fused-ring (bicyclic) bond motifs is 1. The van der Waals surface area contributed by atoms with E-state index in [1.54, 1.807) is 29.8 Å². The van der Waals surface area contributed by atoms with Crippen LogP contribution in [0.15, 0.2) is 58.5 Å². The van der Waals surface area contributed by atoms with Crippen molar-refractivity contribution in [3.63, 3.8) is 0 Å². The average molecular weight is 407 g/mol. The molecule has 29 heavy (non-hydrogen) atoms. The van der Waals surface area contributed by atoms with Gasteiger partial charge in [-0.05, 0) is 30.2 Å². The fourth-order valence-corrected chi connectivity index (χ4v) is 4.44. The van der Waals surface area contributed by atoms with Crippen LogP contribution in [-0.2, 0) is 17.6 Å². The van der Waals surface area contributed by atoms with Crippen LogP contribution in [-0.4, -0.2) is 20.6 Å². The Morgan fingerprint density at radius 3 is 2.69 bits per heavy atom. The fourth-order valence-electron chi connectivity index (χ4n) is 3.52. The van der Waals surface area contributed by atoms with E-state index in [4.69, 9.17) is 0 Å². The van der Waals surface area contributed by atoms with Gasteiger partial charge in [-0.15, -0.1) is 0 Å². The van der Waals surface area contributed by atoms with Gasteiger partial charge < -0.3 is 15.0 Å². The molecule has 0 radical (unpaired) electrons. The number of hydrogen-bond acceptors (Lipinski definition) is 5. The van der Waals surface area contributed by atoms with Crippen molar-refractivity contribution in [2.24, 2.45) is 7.05 Å². The lowest BCUT2D eigenvalue weighted by molar-refractivity contribution is -0.116. The van der Waals surface area contributed by atoms with Gasteiger partial charge in [-0.1, -0.05) is 53.7 Å². The first-order chi connectivity index (χ1) is 13.9. The van der Waals surface area contributed by atoms with Crippen molar-refractivity contribution in [2.75, 3.05) is 5.32 Å². The monoisotopic (exact) mass is 407 g/mol. The van der Waals surface area contributed by atoms with Crippen LogP contribution in [0.2, 0.25) is 0 Å². The molecule has 0 spiro atoms. The van der Waals surface area contributed by atoms with Crippen LogP contribution >= 0.6 is 11.8 Å². The topological polar surface area (TPSA) is 84.2 Å². The summed E-state index contributed by atoms with van der Waals surface area (Å²) >= 11 is 1.45. The van der Waals surface area contributed by atoms with E-state index in [0.717, 1.165) is 11.1 Å². The number of anilines is 1. The highest BCUT2D eigenvalue weighted by atomic mass is 32.2. The summed E-state index contributed by atoms with van der Waals surface area (Å²) in [5.41, 5.74) is 3.16. The predicted molar refractivity (Wildman–Crippen MR) is 113 cm³/mol. The van der Waals surface area contributed by atoms with Gasteiger partial charge in [0.1, 0.15) is 11.6 Å². The summed E-state index contributed by atoms with van der Waals surface area (Å²) in [4.78, 5) is 29.6. The predicted octanol–water partition coefficient (Wildman–Crippen LogP) is 3.56. The van der Waals surface area contributed by atoms with Crippen LogP contribution in [0.4, 0.5) is 5.82 Å². The maximum Gasteiger partial charge on any atom is 0.279 e. The van der Waals surface area contributed by atoms with Crippen LogP contribution in [0.3, 0.4) is 0 Å². The fraction of sp³-hybridized carbons (Fsp3) is 0.227. The van der Waals surface area contributed by atoms with Crippen molar-refractivity contribution in [3.05, 3.63) is 81.1 Å². The Bertz CT molecular complexity index is 1140. The van der Waals surface area contributed by atoms with E-state index in [1.807, 2.05) is 13.0 Å². The molecule has 1 aliphatic heterocycles. The molecule has 0 saturated heterocycles. The Kier molecular flexibility index (Phi) is 5.15. The molecule has 1 amide bonds. The molecule has 7 heteroatoms. The number of aromatic nitrogens is 2. The minimum absolute atomic E-state index is 0.102. The highest BCUT2D eigenvalue weighted by Crippen LogP contribution is 2.36. The molecule has 4 rings (SSSR count). The molecule has 148 valence electrons. The number of hydrogen-bond donors (Lipinski definition) is 2. The largest absolute Gasteiger partial charge is 0.508 e. The third-order valence-electron chi connectivity index (χ3n) is 5.06. The van der Waals surface area contributed by atoms with E-state index in [2.05, 4.69) is 34.6 Å². The highest BCUT2D eigenvalue weighted by Gasteiger charge is 2.32. The lowest BCUT2D eigenvalue weighted by atomic mass is 9.86. The number of amides is 1. The Labute approximate surface area is 172 Å². The molecule has 0 fully saturated rings. The van der Waals surface area contributed by atoms with Gasteiger partial charge in [-0.25, -0.2) is 0 Å². The number of aromatic hydroxyl groups is 1. The molecule has 2 heterocycles. The van der Waals surface area contributed by atoms with Gasteiger partial charge in [0.05, 0.1) is 5.56 Å². The summed E-state index contributed by atoms with van der Waals surface area (Å²) in [5, 5.41) is 13.2. The number of rotatable bonds is 4. The third kappa shape index (κ3) is 3.91.